The average Bonchev–Trinajstić information content (AvgIpc) is 2.75. The molecular weight excluding hydrogens is 324 g/mol. The van der Waals surface area contributed by atoms with Gasteiger partial charge in [0.15, 0.2) is 5.16 Å². The molecule has 1 atom stereocenters. The summed E-state index contributed by atoms with van der Waals surface area (Å²) in [5.74, 6) is -0.426. The number of fused-ring (bicyclic) bond motifs is 1. The Morgan fingerprint density at radius 3 is 2.68 bits per heavy atom. The fourth-order valence-corrected chi connectivity index (χ4v) is 3.44. The topological polar surface area (TPSA) is 121 Å². The number of hydrogen-bond donors (Lipinski definition) is 2. The van der Waals surface area contributed by atoms with Crippen LogP contribution in [-0.4, -0.2) is 29.1 Å². The third-order valence-electron chi connectivity index (χ3n) is 3.14. The lowest BCUT2D eigenvalue weighted by atomic mass is 10.3. The Balaban J connectivity index is 2.55. The van der Waals surface area contributed by atoms with E-state index in [-0.39, 0.29) is 4.90 Å². The van der Waals surface area contributed by atoms with Crippen LogP contribution in [-0.2, 0) is 21.4 Å². The van der Waals surface area contributed by atoms with Gasteiger partial charge in [0.05, 0.1) is 21.2 Å². The second-order valence-corrected chi connectivity index (χ2v) is 7.77. The summed E-state index contributed by atoms with van der Waals surface area (Å²) in [4.78, 5) is 15.7. The Bertz CT molecular complexity index is 814. The van der Waals surface area contributed by atoms with Gasteiger partial charge in [0, 0.05) is 6.54 Å². The van der Waals surface area contributed by atoms with Gasteiger partial charge in [0.1, 0.15) is 0 Å². The van der Waals surface area contributed by atoms with Gasteiger partial charge in [-0.05, 0) is 31.5 Å². The summed E-state index contributed by atoms with van der Waals surface area (Å²) in [7, 11) is -3.78. The maximum Gasteiger partial charge on any atom is 0.238 e. The van der Waals surface area contributed by atoms with Crippen LogP contribution in [0, 0.1) is 0 Å². The van der Waals surface area contributed by atoms with Gasteiger partial charge in [0.2, 0.25) is 15.9 Å². The first-order valence-corrected chi connectivity index (χ1v) is 9.15. The van der Waals surface area contributed by atoms with Gasteiger partial charge in [-0.25, -0.2) is 18.5 Å². The van der Waals surface area contributed by atoms with Crippen LogP contribution < -0.4 is 10.9 Å². The van der Waals surface area contributed by atoms with E-state index in [4.69, 9.17) is 10.9 Å². The van der Waals surface area contributed by atoms with Gasteiger partial charge in [-0.15, -0.1) is 0 Å². The third kappa shape index (κ3) is 3.42. The summed E-state index contributed by atoms with van der Waals surface area (Å²) < 4.78 is 24.8. The van der Waals surface area contributed by atoms with Crippen molar-refractivity contribution >= 4 is 38.7 Å². The molecular formula is C13H18N4O3S2. The number of benzene rings is 1. The molecule has 0 saturated heterocycles. The molecule has 9 heteroatoms. The van der Waals surface area contributed by atoms with E-state index >= 15 is 0 Å². The number of thioether (sulfide) groups is 1. The second kappa shape index (κ2) is 6.27. The van der Waals surface area contributed by atoms with Crippen molar-refractivity contribution in [2.45, 2.75) is 42.1 Å². The van der Waals surface area contributed by atoms with Crippen molar-refractivity contribution < 1.29 is 13.2 Å². The van der Waals surface area contributed by atoms with Crippen molar-refractivity contribution in [1.29, 1.82) is 0 Å². The lowest BCUT2D eigenvalue weighted by Gasteiger charge is -2.09. The van der Waals surface area contributed by atoms with E-state index in [1.165, 1.54) is 23.9 Å². The van der Waals surface area contributed by atoms with Crippen molar-refractivity contribution in [3.8, 4) is 0 Å². The number of amides is 1. The number of nitrogens with two attached hydrogens (primary N) is 2. The molecule has 0 bridgehead atoms. The van der Waals surface area contributed by atoms with Crippen LogP contribution in [0.15, 0.2) is 28.3 Å². The Morgan fingerprint density at radius 1 is 1.45 bits per heavy atom. The number of rotatable bonds is 6. The fourth-order valence-electron chi connectivity index (χ4n) is 2.01. The minimum Gasteiger partial charge on any atom is -0.369 e. The Labute approximate surface area is 133 Å². The van der Waals surface area contributed by atoms with Crippen molar-refractivity contribution in [3.05, 3.63) is 18.2 Å². The van der Waals surface area contributed by atoms with Crippen LogP contribution in [0.2, 0.25) is 0 Å². The number of sulfonamides is 1. The molecule has 1 aromatic heterocycles. The minimum absolute atomic E-state index is 0.0145. The molecule has 0 saturated carbocycles. The van der Waals surface area contributed by atoms with E-state index in [9.17, 15) is 13.2 Å². The number of carbonyl (C=O) groups is 1. The number of aromatic nitrogens is 2. The maximum atomic E-state index is 11.4. The highest BCUT2D eigenvalue weighted by Crippen LogP contribution is 2.28. The summed E-state index contributed by atoms with van der Waals surface area (Å²) in [5.41, 5.74) is 6.62. The van der Waals surface area contributed by atoms with Gasteiger partial charge in [-0.2, -0.15) is 0 Å². The van der Waals surface area contributed by atoms with Crippen molar-refractivity contribution in [3.63, 3.8) is 0 Å². The number of hydrogen-bond acceptors (Lipinski definition) is 5. The first-order valence-electron chi connectivity index (χ1n) is 6.73. The van der Waals surface area contributed by atoms with Crippen LogP contribution in [0.5, 0.6) is 0 Å². The number of primary amides is 1. The van der Waals surface area contributed by atoms with Crippen molar-refractivity contribution in [2.75, 3.05) is 0 Å². The molecule has 1 heterocycles. The van der Waals surface area contributed by atoms with Crippen molar-refractivity contribution in [1.82, 2.24) is 9.55 Å². The molecule has 1 amide bonds. The minimum atomic E-state index is -3.78. The van der Waals surface area contributed by atoms with Crippen LogP contribution in [0.4, 0.5) is 0 Å². The van der Waals surface area contributed by atoms with E-state index in [1.807, 2.05) is 11.5 Å². The fraction of sp³-hybridized carbons (Fsp3) is 0.385. The predicted octanol–water partition coefficient (Wildman–Crippen LogP) is 1.06. The zero-order chi connectivity index (χ0) is 16.5. The molecule has 1 unspecified atom stereocenters. The molecule has 0 aliphatic rings. The van der Waals surface area contributed by atoms with E-state index in [0.717, 1.165) is 11.9 Å². The summed E-state index contributed by atoms with van der Waals surface area (Å²) in [5, 5.41) is 5.35. The van der Waals surface area contributed by atoms with Gasteiger partial charge >= 0.3 is 0 Å². The number of carbonyl (C=O) groups excluding carboxylic acids is 1. The first kappa shape index (κ1) is 16.8. The summed E-state index contributed by atoms with van der Waals surface area (Å²) in [6, 6.07) is 4.57. The summed E-state index contributed by atoms with van der Waals surface area (Å²) in [6.07, 6.45) is 0.876. The Kier molecular flexibility index (Phi) is 4.78. The molecule has 4 N–H and O–H groups in total. The number of nitrogens with zero attached hydrogens (tertiary/aromatic N) is 2. The third-order valence-corrected chi connectivity index (χ3v) is 5.16. The lowest BCUT2D eigenvalue weighted by molar-refractivity contribution is -0.117. The second-order valence-electron chi connectivity index (χ2n) is 4.90. The van der Waals surface area contributed by atoms with Crippen LogP contribution >= 0.6 is 11.8 Å². The van der Waals surface area contributed by atoms with E-state index in [1.54, 1.807) is 13.0 Å². The summed E-state index contributed by atoms with van der Waals surface area (Å²) >= 11 is 1.25. The molecule has 2 aromatic rings. The molecule has 0 spiro atoms. The van der Waals surface area contributed by atoms with Gasteiger partial charge in [0.25, 0.3) is 0 Å². The van der Waals surface area contributed by atoms with E-state index in [2.05, 4.69) is 4.98 Å². The quantitative estimate of drug-likeness (QED) is 0.760. The molecule has 120 valence electrons. The standard InChI is InChI=1S/C13H18N4O3S2/c1-3-6-17-11-5-4-9(22(15,19)20)7-10(11)16-13(17)21-8(2)12(14)18/h4-5,7-8H,3,6H2,1-2H3,(H2,14,18)(H2,15,19,20). The molecule has 2 rings (SSSR count). The molecule has 0 fully saturated rings. The highest BCUT2D eigenvalue weighted by Gasteiger charge is 2.18. The largest absolute Gasteiger partial charge is 0.369 e. The predicted molar refractivity (Wildman–Crippen MR) is 85.9 cm³/mol. The summed E-state index contributed by atoms with van der Waals surface area (Å²) in [6.45, 7) is 4.44. The normalized spacial score (nSPS) is 13.4. The number of aryl methyl sites for hydroxylation is 1. The zero-order valence-electron chi connectivity index (χ0n) is 12.3. The lowest BCUT2D eigenvalue weighted by Crippen LogP contribution is -2.23. The zero-order valence-corrected chi connectivity index (χ0v) is 13.9. The molecule has 7 nitrogen and oxygen atoms in total. The highest BCUT2D eigenvalue weighted by molar-refractivity contribution is 8.00. The van der Waals surface area contributed by atoms with Gasteiger partial charge in [-0.1, -0.05) is 18.7 Å². The van der Waals surface area contributed by atoms with Crippen LogP contribution in [0.1, 0.15) is 20.3 Å². The number of imidazole rings is 1. The monoisotopic (exact) mass is 342 g/mol. The molecule has 0 radical (unpaired) electrons. The van der Waals surface area contributed by atoms with E-state index in [0.29, 0.717) is 17.2 Å². The van der Waals surface area contributed by atoms with Crippen LogP contribution in [0.25, 0.3) is 11.0 Å². The average molecular weight is 342 g/mol. The molecule has 1 aromatic carbocycles. The smallest absolute Gasteiger partial charge is 0.238 e. The Hall–Kier alpha value is -1.58. The highest BCUT2D eigenvalue weighted by atomic mass is 32.2. The van der Waals surface area contributed by atoms with Gasteiger partial charge in [-0.3, -0.25) is 4.79 Å². The molecule has 0 aliphatic heterocycles. The Morgan fingerprint density at radius 2 is 2.14 bits per heavy atom. The van der Waals surface area contributed by atoms with Crippen molar-refractivity contribution in [2.24, 2.45) is 10.9 Å². The number of primary sulfonamides is 1. The first-order chi connectivity index (χ1) is 10.2. The van der Waals surface area contributed by atoms with E-state index < -0.39 is 21.2 Å². The molecule has 22 heavy (non-hydrogen) atoms. The SMILES string of the molecule is CCCn1c(SC(C)C(N)=O)nc2cc(S(N)(=O)=O)ccc21. The van der Waals surface area contributed by atoms with Gasteiger partial charge < -0.3 is 10.3 Å². The van der Waals surface area contributed by atoms with Crippen LogP contribution in [0.3, 0.4) is 0 Å². The maximum absolute atomic E-state index is 11.4. The molecule has 0 aliphatic carbocycles.